The molecule has 136 valence electrons. The van der Waals surface area contributed by atoms with Crippen LogP contribution in [-0.4, -0.2) is 35.1 Å². The van der Waals surface area contributed by atoms with Crippen LogP contribution in [0.3, 0.4) is 0 Å². The second-order valence-corrected chi connectivity index (χ2v) is 5.71. The molecule has 2 aromatic heterocycles. The molecule has 2 N–H and O–H groups in total. The molecule has 8 heteroatoms. The van der Waals surface area contributed by atoms with E-state index in [1.165, 1.54) is 13.5 Å². The number of aromatic nitrogens is 3. The van der Waals surface area contributed by atoms with Gasteiger partial charge in [0, 0.05) is 11.8 Å². The molecule has 0 fully saturated rings. The van der Waals surface area contributed by atoms with Gasteiger partial charge in [0.1, 0.15) is 5.75 Å². The molecule has 0 amide bonds. The number of hydrogen-bond acceptors (Lipinski definition) is 7. The van der Waals surface area contributed by atoms with E-state index < -0.39 is 5.97 Å². The predicted octanol–water partition coefficient (Wildman–Crippen LogP) is 3.76. The lowest BCUT2D eigenvalue weighted by atomic mass is 10.1. The van der Waals surface area contributed by atoms with Gasteiger partial charge in [-0.1, -0.05) is 0 Å². The number of nitrogens with zero attached hydrogens (tertiary/aromatic N) is 2. The zero-order valence-electron chi connectivity index (χ0n) is 14.6. The minimum Gasteiger partial charge on any atom is -0.496 e. The summed E-state index contributed by atoms with van der Waals surface area (Å²) in [6, 6.07) is 10.7. The SMILES string of the molecule is COC(=O)c1ccc2nc(Nc3ccc(-c4cnco4)c(OC)c3)[nH]c2c1. The molecular formula is C19H16N4O4. The van der Waals surface area contributed by atoms with Crippen LogP contribution in [0.4, 0.5) is 11.6 Å². The number of methoxy groups -OCH3 is 2. The van der Waals surface area contributed by atoms with E-state index >= 15 is 0 Å². The predicted molar refractivity (Wildman–Crippen MR) is 99.2 cm³/mol. The van der Waals surface area contributed by atoms with Gasteiger partial charge in [-0.05, 0) is 30.3 Å². The third-order valence-corrected chi connectivity index (χ3v) is 4.07. The first-order valence-corrected chi connectivity index (χ1v) is 8.10. The van der Waals surface area contributed by atoms with Crippen LogP contribution >= 0.6 is 0 Å². The summed E-state index contributed by atoms with van der Waals surface area (Å²) < 4.78 is 15.5. The van der Waals surface area contributed by atoms with Crippen LogP contribution in [0.2, 0.25) is 0 Å². The molecule has 0 saturated heterocycles. The number of carbonyl (C=O) groups excluding carboxylic acids is 1. The summed E-state index contributed by atoms with van der Waals surface area (Å²) in [5.41, 5.74) is 3.49. The Bertz CT molecular complexity index is 1100. The lowest BCUT2D eigenvalue weighted by molar-refractivity contribution is 0.0601. The highest BCUT2D eigenvalue weighted by Crippen LogP contribution is 2.33. The average Bonchev–Trinajstić information content (AvgIpc) is 3.36. The van der Waals surface area contributed by atoms with Crippen molar-refractivity contribution < 1.29 is 18.7 Å². The highest BCUT2D eigenvalue weighted by Gasteiger charge is 2.12. The van der Waals surface area contributed by atoms with E-state index in [9.17, 15) is 4.79 Å². The monoisotopic (exact) mass is 364 g/mol. The van der Waals surface area contributed by atoms with Gasteiger partial charge in [-0.2, -0.15) is 0 Å². The number of imidazole rings is 1. The summed E-state index contributed by atoms with van der Waals surface area (Å²) in [5.74, 6) is 1.41. The zero-order chi connectivity index (χ0) is 18.8. The number of ether oxygens (including phenoxy) is 2. The molecule has 0 atom stereocenters. The van der Waals surface area contributed by atoms with Crippen molar-refractivity contribution in [2.24, 2.45) is 0 Å². The topological polar surface area (TPSA) is 102 Å². The van der Waals surface area contributed by atoms with Crippen LogP contribution in [0.25, 0.3) is 22.4 Å². The molecular weight excluding hydrogens is 348 g/mol. The number of hydrogen-bond donors (Lipinski definition) is 2. The van der Waals surface area contributed by atoms with Crippen molar-refractivity contribution in [1.29, 1.82) is 0 Å². The number of nitrogens with one attached hydrogen (secondary N) is 2. The van der Waals surface area contributed by atoms with E-state index in [0.717, 1.165) is 22.3 Å². The van der Waals surface area contributed by atoms with Gasteiger partial charge in [0.05, 0.1) is 42.6 Å². The van der Waals surface area contributed by atoms with Crippen LogP contribution < -0.4 is 10.1 Å². The molecule has 2 aromatic carbocycles. The molecule has 4 aromatic rings. The number of oxazole rings is 1. The van der Waals surface area contributed by atoms with Crippen LogP contribution in [0.1, 0.15) is 10.4 Å². The smallest absolute Gasteiger partial charge is 0.337 e. The Morgan fingerprint density at radius 3 is 2.81 bits per heavy atom. The molecule has 0 aliphatic rings. The fraction of sp³-hybridized carbons (Fsp3) is 0.105. The van der Waals surface area contributed by atoms with Gasteiger partial charge in [0.15, 0.2) is 12.2 Å². The van der Waals surface area contributed by atoms with Crippen LogP contribution in [0.5, 0.6) is 5.75 Å². The van der Waals surface area contributed by atoms with Crippen molar-refractivity contribution in [3.63, 3.8) is 0 Å². The number of carbonyl (C=O) groups is 1. The van der Waals surface area contributed by atoms with Gasteiger partial charge in [0.25, 0.3) is 0 Å². The van der Waals surface area contributed by atoms with Crippen molar-refractivity contribution in [2.45, 2.75) is 0 Å². The molecule has 0 radical (unpaired) electrons. The second kappa shape index (κ2) is 6.83. The van der Waals surface area contributed by atoms with Crippen molar-refractivity contribution in [2.75, 3.05) is 19.5 Å². The molecule has 4 rings (SSSR count). The Balaban J connectivity index is 1.63. The highest BCUT2D eigenvalue weighted by atomic mass is 16.5. The molecule has 0 saturated carbocycles. The first kappa shape index (κ1) is 16.6. The van der Waals surface area contributed by atoms with E-state index in [1.54, 1.807) is 31.5 Å². The minimum atomic E-state index is -0.395. The van der Waals surface area contributed by atoms with Gasteiger partial charge in [-0.15, -0.1) is 0 Å². The molecule has 0 aliphatic heterocycles. The highest BCUT2D eigenvalue weighted by molar-refractivity contribution is 5.94. The maximum atomic E-state index is 11.7. The Morgan fingerprint density at radius 1 is 1.19 bits per heavy atom. The Kier molecular flexibility index (Phi) is 4.21. The van der Waals surface area contributed by atoms with Crippen molar-refractivity contribution in [3.05, 3.63) is 54.6 Å². The third kappa shape index (κ3) is 3.20. The summed E-state index contributed by atoms with van der Waals surface area (Å²) in [5, 5.41) is 3.19. The van der Waals surface area contributed by atoms with Crippen molar-refractivity contribution in [1.82, 2.24) is 15.0 Å². The number of benzene rings is 2. The van der Waals surface area contributed by atoms with Gasteiger partial charge >= 0.3 is 5.97 Å². The number of fused-ring (bicyclic) bond motifs is 1. The third-order valence-electron chi connectivity index (χ3n) is 4.07. The molecule has 0 unspecified atom stereocenters. The normalized spacial score (nSPS) is 10.7. The van der Waals surface area contributed by atoms with E-state index in [-0.39, 0.29) is 0 Å². The lowest BCUT2D eigenvalue weighted by Crippen LogP contribution is -2.00. The molecule has 8 nitrogen and oxygen atoms in total. The van der Waals surface area contributed by atoms with Crippen LogP contribution in [0, 0.1) is 0 Å². The molecule has 0 spiro atoms. The lowest BCUT2D eigenvalue weighted by Gasteiger charge is -2.09. The van der Waals surface area contributed by atoms with Crippen molar-refractivity contribution in [3.8, 4) is 17.1 Å². The van der Waals surface area contributed by atoms with Gasteiger partial charge in [-0.25, -0.2) is 14.8 Å². The number of esters is 1. The number of anilines is 2. The second-order valence-electron chi connectivity index (χ2n) is 5.71. The molecule has 0 bridgehead atoms. The Morgan fingerprint density at radius 2 is 2.07 bits per heavy atom. The largest absolute Gasteiger partial charge is 0.496 e. The Hall–Kier alpha value is -3.81. The van der Waals surface area contributed by atoms with Gasteiger partial charge < -0.3 is 24.2 Å². The van der Waals surface area contributed by atoms with Crippen molar-refractivity contribution >= 4 is 28.6 Å². The summed E-state index contributed by atoms with van der Waals surface area (Å²) in [4.78, 5) is 23.2. The van der Waals surface area contributed by atoms with Crippen LogP contribution in [-0.2, 0) is 4.74 Å². The van der Waals surface area contributed by atoms with Gasteiger partial charge in [-0.3, -0.25) is 0 Å². The summed E-state index contributed by atoms with van der Waals surface area (Å²) in [6.45, 7) is 0. The van der Waals surface area contributed by atoms with E-state index in [1.807, 2.05) is 18.2 Å². The fourth-order valence-electron chi connectivity index (χ4n) is 2.77. The maximum Gasteiger partial charge on any atom is 0.337 e. The maximum absolute atomic E-state index is 11.7. The Labute approximate surface area is 154 Å². The average molecular weight is 364 g/mol. The van der Waals surface area contributed by atoms with E-state index in [2.05, 4.69) is 20.3 Å². The van der Waals surface area contributed by atoms with E-state index in [4.69, 9.17) is 13.9 Å². The first-order valence-electron chi connectivity index (χ1n) is 8.10. The fourth-order valence-corrected chi connectivity index (χ4v) is 2.77. The number of H-pyrrole nitrogens is 1. The zero-order valence-corrected chi connectivity index (χ0v) is 14.6. The molecule has 2 heterocycles. The number of rotatable bonds is 5. The van der Waals surface area contributed by atoms with E-state index in [0.29, 0.717) is 23.0 Å². The first-order chi connectivity index (χ1) is 13.2. The van der Waals surface area contributed by atoms with Gasteiger partial charge in [0.2, 0.25) is 5.95 Å². The summed E-state index contributed by atoms with van der Waals surface area (Å²) in [7, 11) is 2.94. The minimum absolute atomic E-state index is 0.395. The number of aromatic amines is 1. The quantitative estimate of drug-likeness (QED) is 0.520. The standard InChI is InChI=1S/C19H16N4O4/c1-25-16-8-12(4-5-13(16)17-9-20-10-27-17)21-19-22-14-6-3-11(18(24)26-2)7-15(14)23-19/h3-10H,1-2H3,(H2,21,22,23). The summed E-state index contributed by atoms with van der Waals surface area (Å²) in [6.07, 6.45) is 3.00. The summed E-state index contributed by atoms with van der Waals surface area (Å²) >= 11 is 0. The molecule has 27 heavy (non-hydrogen) atoms. The molecule has 0 aliphatic carbocycles. The van der Waals surface area contributed by atoms with Crippen LogP contribution in [0.15, 0.2) is 53.4 Å².